The van der Waals surface area contributed by atoms with Gasteiger partial charge in [-0.3, -0.25) is 14.5 Å². The van der Waals surface area contributed by atoms with Crippen LogP contribution in [0.3, 0.4) is 0 Å². The third-order valence-electron chi connectivity index (χ3n) is 3.76. The molecule has 0 radical (unpaired) electrons. The third-order valence-corrected chi connectivity index (χ3v) is 3.76. The Bertz CT molecular complexity index is 648. The maximum absolute atomic E-state index is 12.6. The van der Waals surface area contributed by atoms with Gasteiger partial charge in [-0.15, -0.1) is 0 Å². The van der Waals surface area contributed by atoms with E-state index in [1.807, 2.05) is 0 Å². The molecule has 0 aromatic heterocycles. The van der Waals surface area contributed by atoms with Crippen LogP contribution < -0.4 is 10.6 Å². The van der Waals surface area contributed by atoms with Crippen LogP contribution in [0.25, 0.3) is 0 Å². The fourth-order valence-electron chi connectivity index (χ4n) is 2.53. The second kappa shape index (κ2) is 6.50. The zero-order valence-corrected chi connectivity index (χ0v) is 12.8. The Kier molecular flexibility index (Phi) is 4.81. The molecule has 0 aliphatic carbocycles. The molecule has 1 heterocycles. The van der Waals surface area contributed by atoms with Gasteiger partial charge in [-0.1, -0.05) is 37.3 Å². The molecule has 4 amide bonds. The summed E-state index contributed by atoms with van der Waals surface area (Å²) in [6, 6.07) is 7.66. The summed E-state index contributed by atoms with van der Waals surface area (Å²) in [5, 5.41) is 4.18. The van der Waals surface area contributed by atoms with E-state index >= 15 is 0 Å². The lowest BCUT2D eigenvalue weighted by atomic mass is 9.87. The molecule has 1 unspecified atom stereocenters. The van der Waals surface area contributed by atoms with Gasteiger partial charge in [0.1, 0.15) is 18.6 Å². The van der Waals surface area contributed by atoms with Crippen molar-refractivity contribution in [2.45, 2.75) is 25.1 Å². The lowest BCUT2D eigenvalue weighted by Gasteiger charge is -2.25. The molecule has 0 bridgehead atoms. The number of carbonyl (C=O) groups excluding carboxylic acids is 3. The van der Waals surface area contributed by atoms with Crippen molar-refractivity contribution in [1.29, 1.82) is 0 Å². The van der Waals surface area contributed by atoms with Crippen LogP contribution in [0.1, 0.15) is 18.9 Å². The lowest BCUT2D eigenvalue weighted by molar-refractivity contribution is -0.141. The highest BCUT2D eigenvalue weighted by atomic mass is 19.4. The molecule has 0 spiro atoms. The van der Waals surface area contributed by atoms with Gasteiger partial charge in [-0.2, -0.15) is 13.2 Å². The molecular formula is C15H16F3N3O3. The van der Waals surface area contributed by atoms with Crippen molar-refractivity contribution in [3.63, 3.8) is 0 Å². The Morgan fingerprint density at radius 3 is 2.42 bits per heavy atom. The van der Waals surface area contributed by atoms with E-state index in [1.54, 1.807) is 42.6 Å². The largest absolute Gasteiger partial charge is 0.405 e. The topological polar surface area (TPSA) is 78.5 Å². The van der Waals surface area contributed by atoms with Crippen LogP contribution in [-0.2, 0) is 15.1 Å². The average molecular weight is 343 g/mol. The van der Waals surface area contributed by atoms with Crippen molar-refractivity contribution in [2.75, 3.05) is 13.1 Å². The number of imide groups is 1. The van der Waals surface area contributed by atoms with Crippen molar-refractivity contribution in [3.05, 3.63) is 35.9 Å². The molecule has 1 saturated heterocycles. The van der Waals surface area contributed by atoms with Gasteiger partial charge in [0.2, 0.25) is 5.91 Å². The van der Waals surface area contributed by atoms with Crippen molar-refractivity contribution in [2.24, 2.45) is 0 Å². The third kappa shape index (κ3) is 3.50. The van der Waals surface area contributed by atoms with Gasteiger partial charge >= 0.3 is 12.2 Å². The SMILES string of the molecule is CCC1(c2ccccc2)NC(=O)N(CC(=O)NCC(F)(F)F)C1=O. The molecule has 24 heavy (non-hydrogen) atoms. The second-order valence-electron chi connectivity index (χ2n) is 5.34. The average Bonchev–Trinajstić information content (AvgIpc) is 2.78. The predicted octanol–water partition coefficient (Wildman–Crippen LogP) is 1.52. The first-order chi connectivity index (χ1) is 11.2. The zero-order chi connectivity index (χ0) is 18.0. The number of hydrogen-bond acceptors (Lipinski definition) is 3. The number of carbonyl (C=O) groups is 3. The van der Waals surface area contributed by atoms with Crippen molar-refractivity contribution in [1.82, 2.24) is 15.5 Å². The summed E-state index contributed by atoms with van der Waals surface area (Å²) in [4.78, 5) is 36.9. The van der Waals surface area contributed by atoms with Gasteiger partial charge in [-0.05, 0) is 12.0 Å². The fraction of sp³-hybridized carbons (Fsp3) is 0.400. The van der Waals surface area contributed by atoms with Gasteiger partial charge < -0.3 is 10.6 Å². The highest BCUT2D eigenvalue weighted by molar-refractivity contribution is 6.09. The standard InChI is InChI=1S/C15H16F3N3O3/c1-2-14(10-6-4-3-5-7-10)12(23)21(13(24)20-14)8-11(22)19-9-15(16,17)18/h3-7H,2,8-9H2,1H3,(H,19,22)(H,20,24). The second-order valence-corrected chi connectivity index (χ2v) is 5.34. The van der Waals surface area contributed by atoms with E-state index < -0.39 is 42.7 Å². The first-order valence-corrected chi connectivity index (χ1v) is 7.22. The van der Waals surface area contributed by atoms with Crippen molar-refractivity contribution < 1.29 is 27.6 Å². The molecule has 1 aliphatic rings. The number of amides is 4. The number of rotatable bonds is 5. The Morgan fingerprint density at radius 1 is 1.25 bits per heavy atom. The predicted molar refractivity (Wildman–Crippen MR) is 77.7 cm³/mol. The van der Waals surface area contributed by atoms with Crippen LogP contribution in [0.15, 0.2) is 30.3 Å². The van der Waals surface area contributed by atoms with Crippen LogP contribution in [-0.4, -0.2) is 42.0 Å². The van der Waals surface area contributed by atoms with Gasteiger partial charge in [0, 0.05) is 0 Å². The maximum atomic E-state index is 12.6. The quantitative estimate of drug-likeness (QED) is 0.796. The maximum Gasteiger partial charge on any atom is 0.405 e. The minimum Gasteiger partial charge on any atom is -0.345 e. The van der Waals surface area contributed by atoms with E-state index in [9.17, 15) is 27.6 Å². The van der Waals surface area contributed by atoms with Gasteiger partial charge in [0.05, 0.1) is 0 Å². The first-order valence-electron chi connectivity index (χ1n) is 7.22. The molecule has 1 aliphatic heterocycles. The van der Waals surface area contributed by atoms with Crippen LogP contribution >= 0.6 is 0 Å². The molecule has 1 fully saturated rings. The summed E-state index contributed by atoms with van der Waals surface area (Å²) in [6.07, 6.45) is -4.33. The van der Waals surface area contributed by atoms with Crippen LogP contribution in [0.2, 0.25) is 0 Å². The number of nitrogens with one attached hydrogen (secondary N) is 2. The van der Waals surface area contributed by atoms with E-state index in [0.717, 1.165) is 0 Å². The smallest absolute Gasteiger partial charge is 0.345 e. The summed E-state index contributed by atoms with van der Waals surface area (Å²) in [7, 11) is 0. The molecule has 1 aromatic rings. The van der Waals surface area contributed by atoms with Crippen molar-refractivity contribution >= 4 is 17.8 Å². The molecule has 2 rings (SSSR count). The molecule has 6 nitrogen and oxygen atoms in total. The molecule has 0 saturated carbocycles. The molecule has 1 atom stereocenters. The van der Waals surface area contributed by atoms with Crippen LogP contribution in [0, 0.1) is 0 Å². The van der Waals surface area contributed by atoms with E-state index in [2.05, 4.69) is 5.32 Å². The number of urea groups is 1. The van der Waals surface area contributed by atoms with Crippen LogP contribution in [0.5, 0.6) is 0 Å². The molecule has 1 aromatic carbocycles. The lowest BCUT2D eigenvalue weighted by Crippen LogP contribution is -2.45. The fourth-order valence-corrected chi connectivity index (χ4v) is 2.53. The monoisotopic (exact) mass is 343 g/mol. The van der Waals surface area contributed by atoms with E-state index in [0.29, 0.717) is 10.5 Å². The Labute approximate surface area is 136 Å². The van der Waals surface area contributed by atoms with Gasteiger partial charge in [0.15, 0.2) is 0 Å². The molecule has 2 N–H and O–H groups in total. The Hall–Kier alpha value is -2.58. The van der Waals surface area contributed by atoms with E-state index in [1.165, 1.54) is 0 Å². The molecule has 9 heteroatoms. The van der Waals surface area contributed by atoms with Gasteiger partial charge in [-0.25, -0.2) is 4.79 Å². The summed E-state index contributed by atoms with van der Waals surface area (Å²) in [5.41, 5.74) is -0.771. The van der Waals surface area contributed by atoms with Gasteiger partial charge in [0.25, 0.3) is 5.91 Å². The Morgan fingerprint density at radius 2 is 1.88 bits per heavy atom. The minimum atomic E-state index is -4.57. The highest BCUT2D eigenvalue weighted by Gasteiger charge is 2.51. The first kappa shape index (κ1) is 17.8. The molecular weight excluding hydrogens is 327 g/mol. The normalized spacial score (nSPS) is 20.9. The number of nitrogens with zero attached hydrogens (tertiary/aromatic N) is 1. The number of hydrogen-bond donors (Lipinski definition) is 2. The van der Waals surface area contributed by atoms with Crippen molar-refractivity contribution in [3.8, 4) is 0 Å². The minimum absolute atomic E-state index is 0.238. The van der Waals surface area contributed by atoms with E-state index in [4.69, 9.17) is 0 Å². The van der Waals surface area contributed by atoms with E-state index in [-0.39, 0.29) is 6.42 Å². The summed E-state index contributed by atoms with van der Waals surface area (Å²) in [6.45, 7) is -0.596. The zero-order valence-electron chi connectivity index (χ0n) is 12.8. The summed E-state index contributed by atoms with van der Waals surface area (Å²) in [5.74, 6) is -1.72. The van der Waals surface area contributed by atoms with Crippen LogP contribution in [0.4, 0.5) is 18.0 Å². The number of benzene rings is 1. The highest BCUT2D eigenvalue weighted by Crippen LogP contribution is 2.32. The molecule has 130 valence electrons. The number of alkyl halides is 3. The summed E-state index contributed by atoms with van der Waals surface area (Å²) >= 11 is 0. The Balaban J connectivity index is 2.15. The number of halogens is 3. The summed E-state index contributed by atoms with van der Waals surface area (Å²) < 4.78 is 36.3.